The van der Waals surface area contributed by atoms with Crippen LogP contribution in [-0.2, 0) is 11.2 Å². The smallest absolute Gasteiger partial charge is 0.226 e. The number of rotatable bonds is 5. The first kappa shape index (κ1) is 20.0. The van der Waals surface area contributed by atoms with Gasteiger partial charge >= 0.3 is 0 Å². The summed E-state index contributed by atoms with van der Waals surface area (Å²) in [5, 5.41) is 12.4. The fraction of sp³-hybridized carbons (Fsp3) is 0.375. The highest BCUT2D eigenvalue weighted by Crippen LogP contribution is 2.39. The second-order valence-corrected chi connectivity index (χ2v) is 8.76. The lowest BCUT2D eigenvalue weighted by atomic mass is 9.91. The molecule has 1 aromatic heterocycles. The predicted molar refractivity (Wildman–Crippen MR) is 117 cm³/mol. The number of aliphatic hydroxyl groups is 1. The maximum absolute atomic E-state index is 13.2. The molecule has 1 amide bonds. The van der Waals surface area contributed by atoms with Crippen molar-refractivity contribution in [2.45, 2.75) is 45.3 Å². The molecule has 0 fully saturated rings. The molecule has 0 aliphatic carbocycles. The average Bonchev–Trinajstić information content (AvgIpc) is 3.07. The van der Waals surface area contributed by atoms with Gasteiger partial charge in [0.25, 0.3) is 0 Å². The van der Waals surface area contributed by atoms with Crippen molar-refractivity contribution in [2.24, 2.45) is 5.92 Å². The molecule has 0 bridgehead atoms. The number of amides is 1. The van der Waals surface area contributed by atoms with Crippen LogP contribution >= 0.6 is 11.6 Å². The van der Waals surface area contributed by atoms with Gasteiger partial charge in [0.1, 0.15) is 0 Å². The Hall–Kier alpha value is -2.30. The quantitative estimate of drug-likeness (QED) is 0.590. The maximum atomic E-state index is 13.2. The molecular weight excluding hydrogens is 384 g/mol. The number of aromatic nitrogens is 1. The molecule has 4 rings (SSSR count). The highest BCUT2D eigenvalue weighted by Gasteiger charge is 2.34. The number of aromatic amines is 1. The van der Waals surface area contributed by atoms with Crippen molar-refractivity contribution < 1.29 is 9.90 Å². The van der Waals surface area contributed by atoms with Crippen LogP contribution in [-0.4, -0.2) is 27.4 Å². The molecule has 2 N–H and O–H groups in total. The van der Waals surface area contributed by atoms with Crippen LogP contribution in [0.3, 0.4) is 0 Å². The van der Waals surface area contributed by atoms with Crippen LogP contribution < -0.4 is 0 Å². The third-order valence-corrected chi connectivity index (χ3v) is 6.02. The van der Waals surface area contributed by atoms with E-state index >= 15 is 0 Å². The Balaban J connectivity index is 1.63. The van der Waals surface area contributed by atoms with Gasteiger partial charge in [0.2, 0.25) is 5.91 Å². The van der Waals surface area contributed by atoms with E-state index in [2.05, 4.69) is 18.8 Å². The van der Waals surface area contributed by atoms with E-state index in [0.717, 1.165) is 40.0 Å². The summed E-state index contributed by atoms with van der Waals surface area (Å²) in [6.07, 6.45) is 0.976. The topological polar surface area (TPSA) is 56.3 Å². The second kappa shape index (κ2) is 8.21. The van der Waals surface area contributed by atoms with E-state index in [0.29, 0.717) is 12.5 Å². The van der Waals surface area contributed by atoms with E-state index in [4.69, 9.17) is 11.6 Å². The van der Waals surface area contributed by atoms with Crippen molar-refractivity contribution in [3.05, 3.63) is 70.4 Å². The molecule has 152 valence electrons. The van der Waals surface area contributed by atoms with Gasteiger partial charge in [-0.15, -0.1) is 0 Å². The lowest BCUT2D eigenvalue weighted by Gasteiger charge is -2.37. The highest BCUT2D eigenvalue weighted by molar-refractivity contribution is 6.31. The first-order chi connectivity index (χ1) is 13.9. The molecule has 2 heterocycles. The van der Waals surface area contributed by atoms with Gasteiger partial charge in [-0.25, -0.2) is 0 Å². The highest BCUT2D eigenvalue weighted by atomic mass is 35.5. The summed E-state index contributed by atoms with van der Waals surface area (Å²) in [6.45, 7) is 5.01. The zero-order valence-corrected chi connectivity index (χ0v) is 17.6. The zero-order valence-electron chi connectivity index (χ0n) is 16.9. The third kappa shape index (κ3) is 4.05. The summed E-state index contributed by atoms with van der Waals surface area (Å²) >= 11 is 6.23. The predicted octanol–water partition coefficient (Wildman–Crippen LogP) is 5.42. The number of carbonyl (C=O) groups is 1. The first-order valence-electron chi connectivity index (χ1n) is 10.3. The number of carbonyl (C=O) groups excluding carboxylic acids is 1. The van der Waals surface area contributed by atoms with E-state index in [9.17, 15) is 9.90 Å². The summed E-state index contributed by atoms with van der Waals surface area (Å²) in [5.74, 6) is 0.435. The largest absolute Gasteiger partial charge is 0.388 e. The Morgan fingerprint density at radius 2 is 2.00 bits per heavy atom. The van der Waals surface area contributed by atoms with Crippen molar-refractivity contribution in [3.63, 3.8) is 0 Å². The van der Waals surface area contributed by atoms with E-state index in [-0.39, 0.29) is 18.4 Å². The van der Waals surface area contributed by atoms with Gasteiger partial charge in [0, 0.05) is 28.2 Å². The Kier molecular flexibility index (Phi) is 5.66. The monoisotopic (exact) mass is 410 g/mol. The molecule has 2 aromatic carbocycles. The summed E-state index contributed by atoms with van der Waals surface area (Å²) < 4.78 is 0. The minimum absolute atomic E-state index is 0.00524. The van der Waals surface area contributed by atoms with Gasteiger partial charge in [-0.2, -0.15) is 0 Å². The van der Waals surface area contributed by atoms with Gasteiger partial charge in [-0.1, -0.05) is 55.8 Å². The standard InChI is InChI=1S/C24H27ClN2O2/c1-15(2)12-21-24-18(19-13-17(25)8-9-20(19)26-24)10-11-27(21)23(29)14-22(28)16-6-4-3-5-7-16/h3-9,13,15,21-22,26,28H,10-12,14H2,1-2H3. The molecule has 5 heteroatoms. The fourth-order valence-electron chi connectivity index (χ4n) is 4.40. The van der Waals surface area contributed by atoms with E-state index in [1.165, 1.54) is 5.56 Å². The number of H-pyrrole nitrogens is 1. The number of aliphatic hydroxyl groups excluding tert-OH is 1. The first-order valence-corrected chi connectivity index (χ1v) is 10.6. The molecule has 29 heavy (non-hydrogen) atoms. The molecule has 1 aliphatic heterocycles. The Labute approximate surface area is 176 Å². The van der Waals surface area contributed by atoms with Crippen LogP contribution in [0.15, 0.2) is 48.5 Å². The van der Waals surface area contributed by atoms with Crippen LogP contribution in [0.1, 0.15) is 55.7 Å². The third-order valence-electron chi connectivity index (χ3n) is 5.78. The Bertz CT molecular complexity index is 1010. The maximum Gasteiger partial charge on any atom is 0.226 e. The number of hydrogen-bond donors (Lipinski definition) is 2. The summed E-state index contributed by atoms with van der Waals surface area (Å²) in [4.78, 5) is 18.7. The normalized spacial score (nSPS) is 17.6. The fourth-order valence-corrected chi connectivity index (χ4v) is 4.58. The molecule has 0 saturated heterocycles. The number of nitrogens with zero attached hydrogens (tertiary/aromatic N) is 1. The molecule has 2 atom stereocenters. The van der Waals surface area contributed by atoms with Crippen LogP contribution in [0.4, 0.5) is 0 Å². The molecular formula is C24H27ClN2O2. The number of nitrogens with one attached hydrogen (secondary N) is 1. The van der Waals surface area contributed by atoms with Crippen molar-refractivity contribution in [1.29, 1.82) is 0 Å². The number of fused-ring (bicyclic) bond motifs is 3. The Morgan fingerprint density at radius 1 is 1.24 bits per heavy atom. The molecule has 0 radical (unpaired) electrons. The SMILES string of the molecule is CC(C)CC1c2[nH]c3ccc(Cl)cc3c2CCN1C(=O)CC(O)c1ccccc1. The molecule has 0 spiro atoms. The van der Waals surface area contributed by atoms with E-state index in [1.54, 1.807) is 0 Å². The molecule has 2 unspecified atom stereocenters. The summed E-state index contributed by atoms with van der Waals surface area (Å²) in [5.41, 5.74) is 4.22. The van der Waals surface area contributed by atoms with Gasteiger partial charge < -0.3 is 15.0 Å². The number of benzene rings is 2. The molecule has 4 nitrogen and oxygen atoms in total. The number of halogens is 1. The molecule has 1 aliphatic rings. The van der Waals surface area contributed by atoms with Crippen molar-refractivity contribution in [3.8, 4) is 0 Å². The van der Waals surface area contributed by atoms with Crippen molar-refractivity contribution >= 4 is 28.4 Å². The van der Waals surface area contributed by atoms with E-state index in [1.807, 2.05) is 53.4 Å². The number of hydrogen-bond acceptors (Lipinski definition) is 2. The van der Waals surface area contributed by atoms with Crippen LogP contribution in [0.5, 0.6) is 0 Å². The average molecular weight is 411 g/mol. The van der Waals surface area contributed by atoms with Gasteiger partial charge in [0.05, 0.1) is 18.6 Å². The molecule has 3 aromatic rings. The van der Waals surface area contributed by atoms with E-state index < -0.39 is 6.10 Å². The van der Waals surface area contributed by atoms with Crippen LogP contribution in [0, 0.1) is 5.92 Å². The van der Waals surface area contributed by atoms with Gasteiger partial charge in [-0.05, 0) is 48.1 Å². The summed E-state index contributed by atoms with van der Waals surface area (Å²) in [7, 11) is 0. The molecule has 0 saturated carbocycles. The van der Waals surface area contributed by atoms with Gasteiger partial charge in [-0.3, -0.25) is 4.79 Å². The lowest BCUT2D eigenvalue weighted by Crippen LogP contribution is -2.41. The minimum atomic E-state index is -0.786. The van der Waals surface area contributed by atoms with Crippen molar-refractivity contribution in [2.75, 3.05) is 6.54 Å². The van der Waals surface area contributed by atoms with Gasteiger partial charge in [0.15, 0.2) is 0 Å². The zero-order chi connectivity index (χ0) is 20.5. The lowest BCUT2D eigenvalue weighted by molar-refractivity contribution is -0.136. The van der Waals surface area contributed by atoms with Crippen LogP contribution in [0.2, 0.25) is 5.02 Å². The summed E-state index contributed by atoms with van der Waals surface area (Å²) in [6, 6.07) is 15.3. The minimum Gasteiger partial charge on any atom is -0.388 e. The Morgan fingerprint density at radius 3 is 2.72 bits per heavy atom. The van der Waals surface area contributed by atoms with Crippen molar-refractivity contribution in [1.82, 2.24) is 9.88 Å². The second-order valence-electron chi connectivity index (χ2n) is 8.32. The van der Waals surface area contributed by atoms with Crippen LogP contribution in [0.25, 0.3) is 10.9 Å².